The third-order valence-corrected chi connectivity index (χ3v) is 6.64. The van der Waals surface area contributed by atoms with Gasteiger partial charge in [-0.25, -0.2) is 0 Å². The average molecular weight is 512 g/mol. The van der Waals surface area contributed by atoms with Crippen molar-refractivity contribution in [1.29, 1.82) is 0 Å². The maximum absolute atomic E-state index is 12.9. The Hall–Kier alpha value is -3.76. The average Bonchev–Trinajstić information content (AvgIpc) is 3.53. The summed E-state index contributed by atoms with van der Waals surface area (Å²) < 4.78 is 15.9. The Kier molecular flexibility index (Phi) is 6.23. The maximum Gasteiger partial charge on any atom is 0.293 e. The molecule has 1 aromatic heterocycles. The summed E-state index contributed by atoms with van der Waals surface area (Å²) in [7, 11) is 0. The monoisotopic (exact) mass is 511 g/mol. The van der Waals surface area contributed by atoms with Crippen LogP contribution in [0.25, 0.3) is 17.3 Å². The quantitative estimate of drug-likeness (QED) is 0.482. The zero-order chi connectivity index (χ0) is 24.5. The minimum absolute atomic E-state index is 0.0145. The Bertz CT molecular complexity index is 1390. The molecule has 178 valence electrons. The molecule has 3 amide bonds. The number of nitrogens with zero attached hydrogens (tertiary/aromatic N) is 2. The van der Waals surface area contributed by atoms with Crippen LogP contribution in [0.5, 0.6) is 11.5 Å². The van der Waals surface area contributed by atoms with Gasteiger partial charge in [-0.2, -0.15) is 0 Å². The van der Waals surface area contributed by atoms with Gasteiger partial charge in [0.05, 0.1) is 9.93 Å². The van der Waals surface area contributed by atoms with Gasteiger partial charge in [0, 0.05) is 18.7 Å². The number of hydrogen-bond acceptors (Lipinski definition) is 8. The zero-order valence-corrected chi connectivity index (χ0v) is 19.9. The number of thioether (sulfide) groups is 1. The number of aromatic nitrogens is 1. The summed E-state index contributed by atoms with van der Waals surface area (Å²) in [6.45, 7) is 1.84. The Morgan fingerprint density at radius 3 is 2.83 bits per heavy atom. The molecule has 0 radical (unpaired) electrons. The van der Waals surface area contributed by atoms with E-state index in [0.29, 0.717) is 39.1 Å². The highest BCUT2D eigenvalue weighted by atomic mass is 35.5. The van der Waals surface area contributed by atoms with E-state index < -0.39 is 17.1 Å². The lowest BCUT2D eigenvalue weighted by Gasteiger charge is -2.13. The van der Waals surface area contributed by atoms with E-state index in [2.05, 4.69) is 10.5 Å². The van der Waals surface area contributed by atoms with Crippen LogP contribution in [0.1, 0.15) is 21.7 Å². The summed E-state index contributed by atoms with van der Waals surface area (Å²) in [4.78, 5) is 39.5. The first-order chi connectivity index (χ1) is 16.9. The molecule has 2 aliphatic heterocycles. The van der Waals surface area contributed by atoms with Crippen molar-refractivity contribution in [3.63, 3.8) is 0 Å². The van der Waals surface area contributed by atoms with Gasteiger partial charge in [-0.15, -0.1) is 0 Å². The first-order valence-corrected chi connectivity index (χ1v) is 11.8. The minimum atomic E-state index is -0.443. The summed E-state index contributed by atoms with van der Waals surface area (Å²) >= 11 is 7.10. The number of hydrogen-bond donors (Lipinski definition) is 1. The van der Waals surface area contributed by atoms with Crippen LogP contribution in [-0.2, 0) is 4.79 Å². The van der Waals surface area contributed by atoms with E-state index >= 15 is 0 Å². The molecule has 0 bridgehead atoms. The van der Waals surface area contributed by atoms with Gasteiger partial charge in [-0.3, -0.25) is 19.3 Å². The molecule has 35 heavy (non-hydrogen) atoms. The van der Waals surface area contributed by atoms with Crippen molar-refractivity contribution in [2.45, 2.75) is 6.92 Å². The predicted molar refractivity (Wildman–Crippen MR) is 129 cm³/mol. The van der Waals surface area contributed by atoms with E-state index in [1.807, 2.05) is 0 Å². The molecule has 3 heterocycles. The number of aryl methyl sites for hydroxylation is 1. The van der Waals surface area contributed by atoms with Crippen molar-refractivity contribution in [3.8, 4) is 22.8 Å². The molecule has 1 N–H and O–H groups in total. The molecular formula is C24H18ClN3O6S. The molecule has 0 saturated carbocycles. The van der Waals surface area contributed by atoms with Crippen molar-refractivity contribution in [2.24, 2.45) is 0 Å². The van der Waals surface area contributed by atoms with Crippen LogP contribution in [0.2, 0.25) is 5.02 Å². The van der Waals surface area contributed by atoms with Crippen molar-refractivity contribution >= 4 is 46.5 Å². The first-order valence-electron chi connectivity index (χ1n) is 10.6. The Morgan fingerprint density at radius 1 is 1.20 bits per heavy atom. The maximum atomic E-state index is 12.9. The van der Waals surface area contributed by atoms with Crippen LogP contribution in [0.4, 0.5) is 4.79 Å². The van der Waals surface area contributed by atoms with Gasteiger partial charge in [0.2, 0.25) is 6.79 Å². The third-order valence-electron chi connectivity index (χ3n) is 5.41. The molecule has 0 unspecified atom stereocenters. The molecule has 2 aliphatic rings. The summed E-state index contributed by atoms with van der Waals surface area (Å²) in [5.74, 6) is 0.675. The number of carbonyl (C=O) groups is 3. The molecule has 0 aliphatic carbocycles. The summed E-state index contributed by atoms with van der Waals surface area (Å²) in [5, 5.41) is 6.74. The molecule has 1 saturated heterocycles. The molecule has 3 aromatic rings. The van der Waals surface area contributed by atoms with Crippen molar-refractivity contribution in [1.82, 2.24) is 15.4 Å². The Balaban J connectivity index is 1.24. The van der Waals surface area contributed by atoms with E-state index in [1.165, 1.54) is 0 Å². The first kappa shape index (κ1) is 23.0. The highest BCUT2D eigenvalue weighted by Crippen LogP contribution is 2.36. The molecular weight excluding hydrogens is 494 g/mol. The van der Waals surface area contributed by atoms with E-state index in [-0.39, 0.29) is 30.4 Å². The molecule has 5 rings (SSSR count). The minimum Gasteiger partial charge on any atom is -0.454 e. The number of rotatable bonds is 6. The topological polar surface area (TPSA) is 111 Å². The second-order valence-electron chi connectivity index (χ2n) is 7.64. The highest BCUT2D eigenvalue weighted by molar-refractivity contribution is 8.18. The SMILES string of the molecule is Cc1onc(-c2ccccc2Cl)c1C(=O)NCCN1C(=O)SC(=Cc2ccc3c(c2)OCO3)C1=O. The Labute approximate surface area is 209 Å². The molecule has 9 nitrogen and oxygen atoms in total. The van der Waals surface area contributed by atoms with Gasteiger partial charge in [0.1, 0.15) is 17.0 Å². The summed E-state index contributed by atoms with van der Waals surface area (Å²) in [5.41, 5.74) is 1.84. The lowest BCUT2D eigenvalue weighted by atomic mass is 10.1. The second-order valence-corrected chi connectivity index (χ2v) is 9.04. The molecule has 11 heteroatoms. The number of ether oxygens (including phenoxy) is 2. The van der Waals surface area contributed by atoms with Crippen LogP contribution in [0.3, 0.4) is 0 Å². The normalized spacial score (nSPS) is 15.8. The largest absolute Gasteiger partial charge is 0.454 e. The standard InChI is InChI=1S/C24H18ClN3O6S/c1-13-20(21(27-34-13)15-4-2-3-5-16(15)25)22(29)26-8-9-28-23(30)19(35-24(28)31)11-14-6-7-17-18(10-14)33-12-32-17/h2-7,10-11H,8-9,12H2,1H3,(H,26,29). The fraction of sp³-hybridized carbons (Fsp3) is 0.167. The van der Waals surface area contributed by atoms with E-state index in [4.69, 9.17) is 25.6 Å². The van der Waals surface area contributed by atoms with Gasteiger partial charge >= 0.3 is 0 Å². The van der Waals surface area contributed by atoms with Gasteiger partial charge < -0.3 is 19.3 Å². The Morgan fingerprint density at radius 2 is 2.00 bits per heavy atom. The fourth-order valence-electron chi connectivity index (χ4n) is 3.69. The fourth-order valence-corrected chi connectivity index (χ4v) is 4.78. The van der Waals surface area contributed by atoms with Crippen LogP contribution in [0.15, 0.2) is 51.9 Å². The number of benzene rings is 2. The molecule has 2 aromatic carbocycles. The van der Waals surface area contributed by atoms with Crippen LogP contribution in [-0.4, -0.2) is 47.0 Å². The zero-order valence-electron chi connectivity index (χ0n) is 18.4. The smallest absolute Gasteiger partial charge is 0.293 e. The predicted octanol–water partition coefficient (Wildman–Crippen LogP) is 4.50. The van der Waals surface area contributed by atoms with Crippen molar-refractivity contribution in [2.75, 3.05) is 19.9 Å². The van der Waals surface area contributed by atoms with Crippen LogP contribution >= 0.6 is 23.4 Å². The van der Waals surface area contributed by atoms with Crippen LogP contribution < -0.4 is 14.8 Å². The van der Waals surface area contributed by atoms with E-state index in [9.17, 15) is 14.4 Å². The van der Waals surface area contributed by atoms with Gasteiger partial charge in [-0.1, -0.05) is 41.0 Å². The van der Waals surface area contributed by atoms with Crippen LogP contribution in [0, 0.1) is 6.92 Å². The summed E-state index contributed by atoms with van der Waals surface area (Å²) in [6, 6.07) is 12.3. The number of nitrogens with one attached hydrogen (secondary N) is 1. The molecule has 0 atom stereocenters. The highest BCUT2D eigenvalue weighted by Gasteiger charge is 2.35. The van der Waals surface area contributed by atoms with Gasteiger partial charge in [-0.05, 0) is 48.5 Å². The number of fused-ring (bicyclic) bond motifs is 1. The molecule has 0 spiro atoms. The lowest BCUT2D eigenvalue weighted by molar-refractivity contribution is -0.122. The summed E-state index contributed by atoms with van der Waals surface area (Å²) in [6.07, 6.45) is 1.63. The number of amides is 3. The van der Waals surface area contributed by atoms with Crippen molar-refractivity contribution in [3.05, 3.63) is 69.3 Å². The second kappa shape index (κ2) is 9.47. The number of imide groups is 1. The van der Waals surface area contributed by atoms with E-state index in [0.717, 1.165) is 16.7 Å². The number of carbonyl (C=O) groups excluding carboxylic acids is 3. The third kappa shape index (κ3) is 4.50. The van der Waals surface area contributed by atoms with E-state index in [1.54, 1.807) is 55.5 Å². The molecule has 1 fully saturated rings. The van der Waals surface area contributed by atoms with Gasteiger partial charge in [0.15, 0.2) is 11.5 Å². The number of halogens is 1. The lowest BCUT2D eigenvalue weighted by Crippen LogP contribution is -2.37. The van der Waals surface area contributed by atoms with Gasteiger partial charge in [0.25, 0.3) is 17.1 Å². The van der Waals surface area contributed by atoms with Crippen molar-refractivity contribution < 1.29 is 28.4 Å².